The maximum Gasteiger partial charge on any atom is 0.234 e. The molecule has 0 aliphatic heterocycles. The number of thioether (sulfide) groups is 1. The number of hydrogen-bond donors (Lipinski definition) is 1. The predicted molar refractivity (Wildman–Crippen MR) is 132 cm³/mol. The minimum atomic E-state index is -0.152. The van der Waals surface area contributed by atoms with E-state index >= 15 is 0 Å². The molecule has 1 heterocycles. The van der Waals surface area contributed by atoms with Gasteiger partial charge in [-0.2, -0.15) is 0 Å². The number of rotatable bonds is 8. The average molecular weight is 479 g/mol. The van der Waals surface area contributed by atoms with Crippen LogP contribution in [-0.4, -0.2) is 26.4 Å². The number of amides is 1. The molecule has 0 spiro atoms. The van der Waals surface area contributed by atoms with Crippen molar-refractivity contribution in [3.63, 3.8) is 0 Å². The normalized spacial score (nSPS) is 10.8. The van der Waals surface area contributed by atoms with Gasteiger partial charge in [0.1, 0.15) is 12.4 Å². The third kappa shape index (κ3) is 5.94. The third-order valence-electron chi connectivity index (χ3n) is 4.89. The highest BCUT2D eigenvalue weighted by atomic mass is 35.5. The second-order valence-electron chi connectivity index (χ2n) is 7.47. The van der Waals surface area contributed by atoms with Crippen molar-refractivity contribution in [1.82, 2.24) is 14.8 Å². The van der Waals surface area contributed by atoms with Crippen LogP contribution >= 0.6 is 23.4 Å². The molecule has 168 valence electrons. The summed E-state index contributed by atoms with van der Waals surface area (Å²) in [6.07, 6.45) is 0. The van der Waals surface area contributed by atoms with E-state index in [0.29, 0.717) is 21.7 Å². The molecule has 3 aromatic carbocycles. The van der Waals surface area contributed by atoms with Crippen molar-refractivity contribution in [2.75, 3.05) is 11.1 Å². The van der Waals surface area contributed by atoms with E-state index in [2.05, 4.69) is 15.5 Å². The number of ether oxygens (including phenoxy) is 1. The van der Waals surface area contributed by atoms with Crippen molar-refractivity contribution < 1.29 is 9.53 Å². The van der Waals surface area contributed by atoms with Gasteiger partial charge in [-0.25, -0.2) is 0 Å². The number of para-hydroxylation sites is 1. The second-order valence-corrected chi connectivity index (χ2v) is 8.82. The fourth-order valence-electron chi connectivity index (χ4n) is 3.10. The van der Waals surface area contributed by atoms with E-state index in [1.54, 1.807) is 6.07 Å². The van der Waals surface area contributed by atoms with Crippen LogP contribution in [0.2, 0.25) is 5.02 Å². The Kier molecular flexibility index (Phi) is 7.32. The fraction of sp³-hybridized carbons (Fsp3) is 0.160. The molecule has 6 nitrogen and oxygen atoms in total. The molecule has 8 heteroatoms. The lowest BCUT2D eigenvalue weighted by atomic mass is 10.2. The zero-order valence-electron chi connectivity index (χ0n) is 18.3. The highest BCUT2D eigenvalue weighted by Gasteiger charge is 2.17. The minimum absolute atomic E-state index is 0.152. The number of aryl methyl sites for hydroxylation is 2. The Labute approximate surface area is 202 Å². The van der Waals surface area contributed by atoms with Crippen molar-refractivity contribution in [2.24, 2.45) is 0 Å². The van der Waals surface area contributed by atoms with E-state index in [0.717, 1.165) is 22.6 Å². The SMILES string of the molecule is Cc1ccc(-n2c(COc3ccccc3)nnc2SCC(=O)Nc2ccc(C)c(Cl)c2)cc1. The zero-order valence-corrected chi connectivity index (χ0v) is 19.9. The highest BCUT2D eigenvalue weighted by molar-refractivity contribution is 7.99. The number of benzene rings is 3. The molecule has 0 bridgehead atoms. The van der Waals surface area contributed by atoms with Crippen LogP contribution in [-0.2, 0) is 11.4 Å². The lowest BCUT2D eigenvalue weighted by molar-refractivity contribution is -0.113. The van der Waals surface area contributed by atoms with E-state index in [-0.39, 0.29) is 18.3 Å². The van der Waals surface area contributed by atoms with E-state index in [4.69, 9.17) is 16.3 Å². The fourth-order valence-corrected chi connectivity index (χ4v) is 4.05. The molecule has 33 heavy (non-hydrogen) atoms. The minimum Gasteiger partial charge on any atom is -0.486 e. The van der Waals surface area contributed by atoms with Crippen molar-refractivity contribution in [3.8, 4) is 11.4 Å². The molecule has 0 aliphatic carbocycles. The summed E-state index contributed by atoms with van der Waals surface area (Å²) in [5, 5.41) is 12.8. The first-order valence-electron chi connectivity index (χ1n) is 10.4. The number of anilines is 1. The van der Waals surface area contributed by atoms with E-state index < -0.39 is 0 Å². The smallest absolute Gasteiger partial charge is 0.234 e. The van der Waals surface area contributed by atoms with Crippen LogP contribution in [0.3, 0.4) is 0 Å². The lowest BCUT2D eigenvalue weighted by Gasteiger charge is -2.12. The molecule has 0 saturated carbocycles. The van der Waals surface area contributed by atoms with Gasteiger partial charge in [0.15, 0.2) is 11.0 Å². The van der Waals surface area contributed by atoms with Gasteiger partial charge >= 0.3 is 0 Å². The Balaban J connectivity index is 1.50. The largest absolute Gasteiger partial charge is 0.486 e. The predicted octanol–water partition coefficient (Wildman–Crippen LogP) is 5.85. The molecule has 0 unspecified atom stereocenters. The Morgan fingerprint density at radius 1 is 1.03 bits per heavy atom. The number of carbonyl (C=O) groups is 1. The molecule has 4 aromatic rings. The first-order chi connectivity index (χ1) is 16.0. The molecule has 0 aliphatic rings. The van der Waals surface area contributed by atoms with E-state index in [9.17, 15) is 4.79 Å². The van der Waals surface area contributed by atoms with E-state index in [1.165, 1.54) is 11.8 Å². The van der Waals surface area contributed by atoms with Crippen LogP contribution in [0.5, 0.6) is 5.75 Å². The van der Waals surface area contributed by atoms with Crippen LogP contribution in [0, 0.1) is 13.8 Å². The maximum absolute atomic E-state index is 12.5. The molecular formula is C25H23ClN4O2S. The highest BCUT2D eigenvalue weighted by Crippen LogP contribution is 2.25. The van der Waals surface area contributed by atoms with Crippen molar-refractivity contribution in [2.45, 2.75) is 25.6 Å². The average Bonchev–Trinajstić information content (AvgIpc) is 3.23. The standard InChI is InChI=1S/C25H23ClN4O2S/c1-17-8-12-20(13-9-17)30-23(15-32-21-6-4-3-5-7-21)28-29-25(30)33-16-24(31)27-19-11-10-18(2)22(26)14-19/h3-14H,15-16H2,1-2H3,(H,27,31). The molecule has 0 atom stereocenters. The zero-order chi connectivity index (χ0) is 23.2. The van der Waals surface area contributed by atoms with Crippen molar-refractivity contribution in [3.05, 3.63) is 94.8 Å². The maximum atomic E-state index is 12.5. The summed E-state index contributed by atoms with van der Waals surface area (Å²) in [6, 6.07) is 23.1. The number of carbonyl (C=O) groups excluding carboxylic acids is 1. The van der Waals surface area contributed by atoms with Crippen LogP contribution in [0.15, 0.2) is 78.0 Å². The van der Waals surface area contributed by atoms with Gasteiger partial charge in [-0.15, -0.1) is 10.2 Å². The first kappa shape index (κ1) is 22.9. The van der Waals surface area contributed by atoms with Crippen LogP contribution < -0.4 is 10.1 Å². The van der Waals surface area contributed by atoms with Crippen LogP contribution in [0.25, 0.3) is 5.69 Å². The van der Waals surface area contributed by atoms with Gasteiger partial charge in [-0.3, -0.25) is 9.36 Å². The molecule has 0 fully saturated rings. The molecule has 1 amide bonds. The van der Waals surface area contributed by atoms with Gasteiger partial charge in [0, 0.05) is 16.4 Å². The first-order valence-corrected chi connectivity index (χ1v) is 11.7. The van der Waals surface area contributed by atoms with Gasteiger partial charge < -0.3 is 10.1 Å². The number of nitrogens with zero attached hydrogens (tertiary/aromatic N) is 3. The second kappa shape index (κ2) is 10.6. The Hall–Kier alpha value is -3.29. The molecule has 1 aromatic heterocycles. The number of nitrogens with one attached hydrogen (secondary N) is 1. The van der Waals surface area contributed by atoms with Gasteiger partial charge in [-0.1, -0.05) is 65.3 Å². The Morgan fingerprint density at radius 3 is 2.52 bits per heavy atom. The summed E-state index contributed by atoms with van der Waals surface area (Å²) in [5.41, 5.74) is 3.68. The number of aromatic nitrogens is 3. The van der Waals surface area contributed by atoms with Crippen molar-refractivity contribution in [1.29, 1.82) is 0 Å². The summed E-state index contributed by atoms with van der Waals surface area (Å²) in [7, 11) is 0. The lowest BCUT2D eigenvalue weighted by Crippen LogP contribution is -2.15. The topological polar surface area (TPSA) is 69.0 Å². The van der Waals surface area contributed by atoms with E-state index in [1.807, 2.05) is 85.1 Å². The molecule has 0 saturated heterocycles. The van der Waals surface area contributed by atoms with Gasteiger partial charge in [0.2, 0.25) is 5.91 Å². The third-order valence-corrected chi connectivity index (χ3v) is 6.23. The number of hydrogen-bond acceptors (Lipinski definition) is 5. The summed E-state index contributed by atoms with van der Waals surface area (Å²) in [4.78, 5) is 12.5. The van der Waals surface area contributed by atoms with Gasteiger partial charge in [-0.05, 0) is 55.8 Å². The van der Waals surface area contributed by atoms with Gasteiger partial charge in [0.05, 0.1) is 5.75 Å². The Bertz CT molecular complexity index is 1240. The Morgan fingerprint density at radius 2 is 1.79 bits per heavy atom. The quantitative estimate of drug-likeness (QED) is 0.322. The molecule has 0 radical (unpaired) electrons. The van der Waals surface area contributed by atoms with Crippen LogP contribution in [0.1, 0.15) is 17.0 Å². The summed E-state index contributed by atoms with van der Waals surface area (Å²) >= 11 is 7.47. The molecule has 4 rings (SSSR count). The number of halogens is 1. The van der Waals surface area contributed by atoms with Crippen LogP contribution in [0.4, 0.5) is 5.69 Å². The monoisotopic (exact) mass is 478 g/mol. The van der Waals surface area contributed by atoms with Crippen molar-refractivity contribution >= 4 is 35.0 Å². The molecule has 1 N–H and O–H groups in total. The summed E-state index contributed by atoms with van der Waals surface area (Å²) in [5.74, 6) is 1.42. The van der Waals surface area contributed by atoms with Gasteiger partial charge in [0.25, 0.3) is 0 Å². The summed E-state index contributed by atoms with van der Waals surface area (Å²) in [6.45, 7) is 4.20. The summed E-state index contributed by atoms with van der Waals surface area (Å²) < 4.78 is 7.81. The molecular weight excluding hydrogens is 456 g/mol.